The zero-order valence-corrected chi connectivity index (χ0v) is 26.1. The monoisotopic (exact) mass is 624 g/mol. The molecule has 2 fully saturated rings. The lowest BCUT2D eigenvalue weighted by Gasteiger charge is -2.34. The van der Waals surface area contributed by atoms with Crippen LogP contribution in [0.1, 0.15) is 58.9 Å². The predicted octanol–water partition coefficient (Wildman–Crippen LogP) is 3.27. The Morgan fingerprint density at radius 3 is 2.60 bits per heavy atom. The van der Waals surface area contributed by atoms with Gasteiger partial charge in [0.2, 0.25) is 16.0 Å². The van der Waals surface area contributed by atoms with Crippen molar-refractivity contribution in [3.8, 4) is 0 Å². The number of rotatable bonds is 7. The van der Waals surface area contributed by atoms with Gasteiger partial charge in [0.1, 0.15) is 5.15 Å². The summed E-state index contributed by atoms with van der Waals surface area (Å²) < 4.78 is 28.9. The number of hydrogen-bond donors (Lipinski definition) is 2. The number of hydrogen-bond acceptors (Lipinski definition) is 9. The van der Waals surface area contributed by atoms with E-state index in [9.17, 15) is 18.0 Å². The molecule has 43 heavy (non-hydrogen) atoms. The van der Waals surface area contributed by atoms with Gasteiger partial charge in [-0.15, -0.1) is 0 Å². The van der Waals surface area contributed by atoms with Gasteiger partial charge in [-0.2, -0.15) is 5.10 Å². The number of sulfonamides is 1. The summed E-state index contributed by atoms with van der Waals surface area (Å²) in [6.07, 6.45) is 7.01. The third-order valence-electron chi connectivity index (χ3n) is 8.42. The van der Waals surface area contributed by atoms with Crippen molar-refractivity contribution >= 4 is 50.1 Å². The van der Waals surface area contributed by atoms with Crippen molar-refractivity contribution in [2.75, 3.05) is 23.0 Å². The second-order valence-corrected chi connectivity index (χ2v) is 13.9. The highest BCUT2D eigenvalue weighted by Gasteiger charge is 2.47. The van der Waals surface area contributed by atoms with E-state index in [-0.39, 0.29) is 28.1 Å². The number of anilines is 2. The number of carbonyl (C=O) groups excluding carboxylic acids is 1. The number of aromatic nitrogens is 5. The van der Waals surface area contributed by atoms with Crippen molar-refractivity contribution in [2.24, 2.45) is 20.0 Å². The molecule has 1 saturated carbocycles. The maximum absolute atomic E-state index is 13.8. The molecule has 14 heteroatoms. The summed E-state index contributed by atoms with van der Waals surface area (Å²) in [5.74, 6) is 0.537. The largest absolute Gasteiger partial charge is 0.377 e. The maximum atomic E-state index is 13.8. The molecular formula is C29H33ClN8O4S. The average molecular weight is 625 g/mol. The van der Waals surface area contributed by atoms with E-state index in [4.69, 9.17) is 16.6 Å². The second-order valence-electron chi connectivity index (χ2n) is 11.7. The number of benzene rings is 1. The van der Waals surface area contributed by atoms with Gasteiger partial charge in [-0.3, -0.25) is 18.8 Å². The highest BCUT2D eigenvalue weighted by atomic mass is 35.5. The summed E-state index contributed by atoms with van der Waals surface area (Å²) in [7, 11) is -0.141. The molecule has 2 N–H and O–H groups in total. The first-order chi connectivity index (χ1) is 20.3. The molecule has 0 spiro atoms. The average Bonchev–Trinajstić information content (AvgIpc) is 3.66. The molecule has 3 aromatic heterocycles. The fourth-order valence-corrected chi connectivity index (χ4v) is 7.21. The summed E-state index contributed by atoms with van der Waals surface area (Å²) in [5.41, 5.74) is 3.38. The Bertz CT molecular complexity index is 1940. The van der Waals surface area contributed by atoms with E-state index in [2.05, 4.69) is 26.5 Å². The van der Waals surface area contributed by atoms with Crippen molar-refractivity contribution in [3.05, 3.63) is 74.6 Å². The van der Waals surface area contributed by atoms with Gasteiger partial charge in [-0.05, 0) is 61.9 Å². The van der Waals surface area contributed by atoms with Gasteiger partial charge < -0.3 is 10.2 Å². The minimum Gasteiger partial charge on any atom is -0.377 e. The molecule has 12 nitrogen and oxygen atoms in total. The Morgan fingerprint density at radius 2 is 1.93 bits per heavy atom. The molecule has 0 radical (unpaired) electrons. The number of carbonyl (C=O) groups is 1. The fourth-order valence-electron chi connectivity index (χ4n) is 6.63. The minimum absolute atomic E-state index is 0.0390. The molecule has 6 rings (SSSR count). The van der Waals surface area contributed by atoms with E-state index < -0.39 is 22.0 Å². The van der Waals surface area contributed by atoms with Crippen LogP contribution in [-0.2, 0) is 24.1 Å². The first kappa shape index (κ1) is 29.1. The zero-order valence-electron chi connectivity index (χ0n) is 24.5. The van der Waals surface area contributed by atoms with Crippen LogP contribution < -0.4 is 20.5 Å². The lowest BCUT2D eigenvalue weighted by atomic mass is 9.93. The number of fused-ring (bicyclic) bond motifs is 3. The van der Waals surface area contributed by atoms with E-state index in [0.717, 1.165) is 36.8 Å². The Kier molecular flexibility index (Phi) is 7.20. The Labute approximate surface area is 254 Å². The Morgan fingerprint density at radius 1 is 1.16 bits per heavy atom. The first-order valence-corrected chi connectivity index (χ1v) is 16.3. The summed E-state index contributed by atoms with van der Waals surface area (Å²) in [5, 5.41) is 8.19. The number of pyridine rings is 1. The third kappa shape index (κ3) is 5.47. The number of piperidine rings is 1. The third-order valence-corrected chi connectivity index (χ3v) is 9.18. The molecule has 1 aliphatic heterocycles. The first-order valence-electron chi connectivity index (χ1n) is 14.0. The summed E-state index contributed by atoms with van der Waals surface area (Å²) in [6, 6.07) is 6.65. The molecule has 2 bridgehead atoms. The topological polar surface area (TPSA) is 144 Å². The molecule has 1 aromatic carbocycles. The SMILES string of the molecule is Cc1cc([C@@H](C)Nc2ccc(Cl)nc2C(=O)NS(C)(=O)=O)c2nc(N3C[C@H]4C[C@H](c5cnn(C)c5)[C@@H]3C4)n(C)c(=O)c2c1. The van der Waals surface area contributed by atoms with Crippen LogP contribution in [0.15, 0.2) is 41.5 Å². The molecule has 2 aliphatic rings. The van der Waals surface area contributed by atoms with Gasteiger partial charge in [0.25, 0.3) is 11.5 Å². The Hall–Kier alpha value is -3.97. The molecule has 1 saturated heterocycles. The smallest absolute Gasteiger partial charge is 0.285 e. The van der Waals surface area contributed by atoms with Crippen LogP contribution in [0.5, 0.6) is 0 Å². The van der Waals surface area contributed by atoms with Crippen LogP contribution in [0.2, 0.25) is 5.15 Å². The molecule has 4 atom stereocenters. The van der Waals surface area contributed by atoms with Crippen LogP contribution in [0.25, 0.3) is 10.9 Å². The number of amides is 1. The van der Waals surface area contributed by atoms with Crippen LogP contribution in [-0.4, -0.2) is 57.5 Å². The number of aryl methyl sites for hydroxylation is 2. The van der Waals surface area contributed by atoms with Gasteiger partial charge in [0.05, 0.1) is 35.1 Å². The Balaban J connectivity index is 1.40. The van der Waals surface area contributed by atoms with Crippen LogP contribution >= 0.6 is 11.6 Å². The molecule has 4 aromatic rings. The summed E-state index contributed by atoms with van der Waals surface area (Å²) in [6.45, 7) is 4.63. The molecule has 4 heterocycles. The standard InChI is InChI=1S/C29H33ClN8O4S/c1-15-8-19(16(2)32-22-6-7-24(30)33-26(22)27(39)35-43(5,41)42)25-21(9-15)28(40)37(4)29(34-25)38-13-17-10-20(23(38)11-17)18-12-31-36(3)14-18/h6-9,12,14,16-17,20,23,32H,10-11,13H2,1-5H3,(H,35,39)/t16-,17+,20-,23+/m1/s1. The van der Waals surface area contributed by atoms with Gasteiger partial charge in [-0.25, -0.2) is 23.1 Å². The van der Waals surface area contributed by atoms with Crippen molar-refractivity contribution in [1.82, 2.24) is 29.0 Å². The quantitative estimate of drug-likeness (QED) is 0.296. The van der Waals surface area contributed by atoms with Crippen molar-refractivity contribution in [3.63, 3.8) is 0 Å². The number of nitrogens with zero attached hydrogens (tertiary/aromatic N) is 6. The predicted molar refractivity (Wildman–Crippen MR) is 165 cm³/mol. The molecule has 0 unspecified atom stereocenters. The molecule has 1 amide bonds. The second kappa shape index (κ2) is 10.6. The number of nitrogens with one attached hydrogen (secondary N) is 2. The fraction of sp³-hybridized carbons (Fsp3) is 0.414. The van der Waals surface area contributed by atoms with E-state index in [1.54, 1.807) is 17.7 Å². The van der Waals surface area contributed by atoms with Crippen LogP contribution in [0.4, 0.5) is 11.6 Å². The van der Waals surface area contributed by atoms with E-state index in [1.165, 1.54) is 11.6 Å². The number of halogens is 1. The minimum atomic E-state index is -3.83. The lowest BCUT2D eigenvalue weighted by molar-refractivity contribution is 0.0977. The van der Waals surface area contributed by atoms with Crippen molar-refractivity contribution < 1.29 is 13.2 Å². The van der Waals surface area contributed by atoms with Crippen molar-refractivity contribution in [2.45, 2.75) is 44.7 Å². The summed E-state index contributed by atoms with van der Waals surface area (Å²) >= 11 is 6.05. The molecule has 226 valence electrons. The van der Waals surface area contributed by atoms with E-state index in [0.29, 0.717) is 28.7 Å². The van der Waals surface area contributed by atoms with Gasteiger partial charge in [-0.1, -0.05) is 17.7 Å². The van der Waals surface area contributed by atoms with Gasteiger partial charge in [0, 0.05) is 44.4 Å². The normalized spacial score (nSPS) is 20.5. The highest BCUT2D eigenvalue weighted by Crippen LogP contribution is 2.48. The zero-order chi connectivity index (χ0) is 30.8. The van der Waals surface area contributed by atoms with Gasteiger partial charge in [0.15, 0.2) is 5.69 Å². The molecule has 1 aliphatic carbocycles. The van der Waals surface area contributed by atoms with Gasteiger partial charge >= 0.3 is 0 Å². The van der Waals surface area contributed by atoms with Crippen LogP contribution in [0, 0.1) is 12.8 Å². The lowest BCUT2D eigenvalue weighted by Crippen LogP contribution is -2.41. The van der Waals surface area contributed by atoms with E-state index >= 15 is 0 Å². The van der Waals surface area contributed by atoms with Crippen molar-refractivity contribution in [1.29, 1.82) is 0 Å². The molecular weight excluding hydrogens is 592 g/mol. The summed E-state index contributed by atoms with van der Waals surface area (Å²) in [4.78, 5) is 38.0. The van der Waals surface area contributed by atoms with Crippen LogP contribution in [0.3, 0.4) is 0 Å². The highest BCUT2D eigenvalue weighted by molar-refractivity contribution is 7.89. The van der Waals surface area contributed by atoms with E-state index in [1.807, 2.05) is 48.6 Å². The maximum Gasteiger partial charge on any atom is 0.285 e.